The number of nitrogens with one attached hydrogen (secondary N) is 2. The van der Waals surface area contributed by atoms with Crippen molar-refractivity contribution in [3.63, 3.8) is 0 Å². The molecule has 0 saturated heterocycles. The number of aromatic nitrogens is 2. The van der Waals surface area contributed by atoms with Crippen LogP contribution in [-0.2, 0) is 19.5 Å². The average molecular weight is 514 g/mol. The summed E-state index contributed by atoms with van der Waals surface area (Å²) in [7, 11) is -3.39. The lowest BCUT2D eigenvalue weighted by atomic mass is 10.1. The first-order chi connectivity index (χ1) is 16.8. The number of pyridine rings is 1. The Morgan fingerprint density at radius 1 is 1.06 bits per heavy atom. The number of carbonyl (C=O) groups excluding carboxylic acids is 2. The third-order valence-corrected chi connectivity index (χ3v) is 7.26. The Kier molecular flexibility index (Phi) is 7.51. The van der Waals surface area contributed by atoms with Crippen molar-refractivity contribution in [3.8, 4) is 0 Å². The maximum absolute atomic E-state index is 13.1. The van der Waals surface area contributed by atoms with E-state index in [1.54, 1.807) is 24.4 Å². The van der Waals surface area contributed by atoms with Crippen molar-refractivity contribution < 1.29 is 22.8 Å². The fourth-order valence-corrected chi connectivity index (χ4v) is 4.75. The third kappa shape index (κ3) is 6.49. The Hall–Kier alpha value is -3.64. The van der Waals surface area contributed by atoms with E-state index in [4.69, 9.17) is 4.84 Å². The van der Waals surface area contributed by atoms with Gasteiger partial charge >= 0.3 is 0 Å². The summed E-state index contributed by atoms with van der Waals surface area (Å²) in [5.41, 5.74) is 0.365. The maximum atomic E-state index is 13.1. The molecule has 0 aliphatic heterocycles. The van der Waals surface area contributed by atoms with Crippen LogP contribution in [0.2, 0.25) is 0 Å². The van der Waals surface area contributed by atoms with Crippen LogP contribution in [-0.4, -0.2) is 48.3 Å². The van der Waals surface area contributed by atoms with E-state index >= 15 is 0 Å². The molecule has 0 atom stereocenters. The summed E-state index contributed by atoms with van der Waals surface area (Å²) in [5, 5.41) is 9.60. The first-order valence-corrected chi connectivity index (χ1v) is 13.5. The molecule has 182 valence electrons. The second kappa shape index (κ2) is 10.7. The van der Waals surface area contributed by atoms with E-state index in [1.165, 1.54) is 30.5 Å². The van der Waals surface area contributed by atoms with Gasteiger partial charge in [-0.3, -0.25) is 14.9 Å². The zero-order valence-corrected chi connectivity index (χ0v) is 20.4. The Morgan fingerprint density at radius 2 is 1.80 bits per heavy atom. The molecule has 12 heteroatoms. The molecule has 2 heterocycles. The van der Waals surface area contributed by atoms with Gasteiger partial charge in [0.15, 0.2) is 20.7 Å². The number of sulfone groups is 1. The van der Waals surface area contributed by atoms with Gasteiger partial charge in [-0.25, -0.2) is 18.4 Å². The molecule has 1 fully saturated rings. The first kappa shape index (κ1) is 24.5. The summed E-state index contributed by atoms with van der Waals surface area (Å²) in [4.78, 5) is 39.7. The molecule has 0 radical (unpaired) electrons. The van der Waals surface area contributed by atoms with Crippen LogP contribution in [0.15, 0.2) is 64.9 Å². The van der Waals surface area contributed by atoms with E-state index < -0.39 is 21.7 Å². The molecule has 0 unspecified atom stereocenters. The van der Waals surface area contributed by atoms with Crippen LogP contribution in [0.1, 0.15) is 40.9 Å². The van der Waals surface area contributed by atoms with Crippen molar-refractivity contribution in [1.82, 2.24) is 9.97 Å². The number of rotatable bonds is 8. The van der Waals surface area contributed by atoms with Gasteiger partial charge in [0.25, 0.3) is 11.8 Å². The molecule has 4 rings (SSSR count). The highest BCUT2D eigenvalue weighted by atomic mass is 32.2. The molecule has 2 amide bonds. The lowest BCUT2D eigenvalue weighted by Crippen LogP contribution is -2.25. The van der Waals surface area contributed by atoms with Gasteiger partial charge in [-0.2, -0.15) is 0 Å². The molecule has 0 spiro atoms. The lowest BCUT2D eigenvalue weighted by molar-refractivity contribution is -0.110. The Labute approximate surface area is 206 Å². The smallest absolute Gasteiger partial charge is 0.280 e. The highest BCUT2D eigenvalue weighted by Gasteiger charge is 2.22. The van der Waals surface area contributed by atoms with Gasteiger partial charge in [0.2, 0.25) is 0 Å². The Morgan fingerprint density at radius 3 is 2.46 bits per heavy atom. The van der Waals surface area contributed by atoms with Crippen LogP contribution in [0.25, 0.3) is 0 Å². The molecule has 3 aromatic rings. The van der Waals surface area contributed by atoms with E-state index in [-0.39, 0.29) is 26.7 Å². The van der Waals surface area contributed by atoms with Crippen LogP contribution in [0, 0.1) is 0 Å². The quantitative estimate of drug-likeness (QED) is 0.347. The number of nitrogens with zero attached hydrogens (tertiary/aromatic N) is 3. The molecule has 35 heavy (non-hydrogen) atoms. The summed E-state index contributed by atoms with van der Waals surface area (Å²) in [6, 6.07) is 11.0. The normalized spacial score (nSPS) is 14.5. The number of hydrogen-bond donors (Lipinski definition) is 2. The van der Waals surface area contributed by atoms with Crippen LogP contribution < -0.4 is 10.6 Å². The topological polar surface area (TPSA) is 140 Å². The minimum absolute atomic E-state index is 0.0216. The standard InChI is InChI=1S/C23H23N5O5S2/c1-35(31,32)17-11-9-15(10-12-17)20(28-33-16-6-2-3-7-16)22(30)27-23-25-14-18(34-23)21(29)26-19-8-4-5-13-24-19/h4-5,8-14,16H,2-3,6-7H2,1H3,(H,24,26,29)(H,25,27,30). The first-order valence-electron chi connectivity index (χ1n) is 10.8. The number of thiazole rings is 1. The average Bonchev–Trinajstić information content (AvgIpc) is 3.52. The van der Waals surface area contributed by atoms with Crippen molar-refractivity contribution >= 4 is 49.6 Å². The zero-order valence-electron chi connectivity index (χ0n) is 18.8. The molecule has 1 saturated carbocycles. The van der Waals surface area contributed by atoms with Crippen molar-refractivity contribution in [2.45, 2.75) is 36.7 Å². The lowest BCUT2D eigenvalue weighted by Gasteiger charge is -2.10. The monoisotopic (exact) mass is 513 g/mol. The number of carbonyl (C=O) groups is 2. The minimum atomic E-state index is -3.39. The van der Waals surface area contributed by atoms with Crippen molar-refractivity contribution in [1.29, 1.82) is 0 Å². The molecule has 0 bridgehead atoms. The number of amides is 2. The van der Waals surface area contributed by atoms with Gasteiger partial charge in [0.05, 0.1) is 11.1 Å². The number of anilines is 2. The molecule has 1 aromatic carbocycles. The SMILES string of the molecule is CS(=O)(=O)c1ccc(C(=NOC2CCCC2)C(=O)Nc2ncc(C(=O)Nc3ccccn3)s2)cc1. The maximum Gasteiger partial charge on any atom is 0.280 e. The van der Waals surface area contributed by atoms with E-state index in [2.05, 4.69) is 25.8 Å². The van der Waals surface area contributed by atoms with Gasteiger partial charge < -0.3 is 10.2 Å². The number of benzene rings is 1. The van der Waals surface area contributed by atoms with Crippen molar-refractivity contribution in [2.75, 3.05) is 16.9 Å². The predicted molar refractivity (Wildman–Crippen MR) is 132 cm³/mol. The molecule has 2 aromatic heterocycles. The third-order valence-electron chi connectivity index (χ3n) is 5.22. The van der Waals surface area contributed by atoms with Crippen LogP contribution in [0.4, 0.5) is 10.9 Å². The summed E-state index contributed by atoms with van der Waals surface area (Å²) < 4.78 is 23.6. The summed E-state index contributed by atoms with van der Waals surface area (Å²) in [6.45, 7) is 0. The highest BCUT2D eigenvalue weighted by molar-refractivity contribution is 7.90. The second-order valence-corrected chi connectivity index (χ2v) is 10.9. The van der Waals surface area contributed by atoms with E-state index in [1.807, 2.05) is 0 Å². The number of oxime groups is 1. The Bertz CT molecular complexity index is 1330. The summed E-state index contributed by atoms with van der Waals surface area (Å²) in [6.07, 6.45) is 7.72. The number of hydrogen-bond acceptors (Lipinski definition) is 9. The van der Waals surface area contributed by atoms with Crippen LogP contribution in [0.3, 0.4) is 0 Å². The van der Waals surface area contributed by atoms with Crippen LogP contribution in [0.5, 0.6) is 0 Å². The van der Waals surface area contributed by atoms with Gasteiger partial charge in [-0.1, -0.05) is 34.7 Å². The highest BCUT2D eigenvalue weighted by Crippen LogP contribution is 2.23. The van der Waals surface area contributed by atoms with Gasteiger partial charge in [-0.05, 0) is 49.9 Å². The second-order valence-electron chi connectivity index (χ2n) is 7.90. The minimum Gasteiger partial charge on any atom is -0.392 e. The fraction of sp³-hybridized carbons (Fsp3) is 0.261. The summed E-state index contributed by atoms with van der Waals surface area (Å²) >= 11 is 0.992. The van der Waals surface area contributed by atoms with Crippen molar-refractivity contribution in [2.24, 2.45) is 5.16 Å². The molecular formula is C23H23N5O5S2. The van der Waals surface area contributed by atoms with E-state index in [9.17, 15) is 18.0 Å². The van der Waals surface area contributed by atoms with E-state index in [0.29, 0.717) is 11.4 Å². The Balaban J connectivity index is 1.51. The molecular weight excluding hydrogens is 490 g/mol. The van der Waals surface area contributed by atoms with Gasteiger partial charge in [0.1, 0.15) is 16.8 Å². The largest absolute Gasteiger partial charge is 0.392 e. The zero-order chi connectivity index (χ0) is 24.8. The fourth-order valence-electron chi connectivity index (χ4n) is 3.41. The molecule has 1 aliphatic rings. The van der Waals surface area contributed by atoms with Gasteiger partial charge in [0, 0.05) is 18.0 Å². The van der Waals surface area contributed by atoms with Crippen molar-refractivity contribution in [3.05, 3.63) is 65.3 Å². The molecule has 10 nitrogen and oxygen atoms in total. The molecule has 1 aliphatic carbocycles. The summed E-state index contributed by atoms with van der Waals surface area (Å²) in [5.74, 6) is -0.606. The van der Waals surface area contributed by atoms with Crippen LogP contribution >= 0.6 is 11.3 Å². The van der Waals surface area contributed by atoms with Gasteiger partial charge in [-0.15, -0.1) is 0 Å². The molecule has 2 N–H and O–H groups in total. The predicted octanol–water partition coefficient (Wildman–Crippen LogP) is 3.50. The van der Waals surface area contributed by atoms with E-state index in [0.717, 1.165) is 43.3 Å².